The van der Waals surface area contributed by atoms with E-state index < -0.39 is 0 Å². The van der Waals surface area contributed by atoms with E-state index in [-0.39, 0.29) is 24.3 Å². The number of aromatic nitrogens is 1. The van der Waals surface area contributed by atoms with E-state index in [1.165, 1.54) is 0 Å². The smallest absolute Gasteiger partial charge is 0.342 e. The standard InChI is InChI=1S/C16H24N2O3/c1-5-13-10-18(9-12(4)21-13)15-14(7-6-8-17-15)16(19)20-11(2)3/h6-8,11-13H,5,9-10H2,1-4H3. The number of hydrogen-bond acceptors (Lipinski definition) is 5. The largest absolute Gasteiger partial charge is 0.459 e. The summed E-state index contributed by atoms with van der Waals surface area (Å²) in [4.78, 5) is 18.8. The Hall–Kier alpha value is -1.62. The molecular formula is C16H24N2O3. The number of pyridine rings is 1. The Morgan fingerprint density at radius 1 is 1.52 bits per heavy atom. The number of morpholine rings is 1. The first kappa shape index (κ1) is 15.8. The van der Waals surface area contributed by atoms with Gasteiger partial charge >= 0.3 is 5.97 Å². The molecule has 2 rings (SSSR count). The first-order chi connectivity index (χ1) is 10.0. The predicted molar refractivity (Wildman–Crippen MR) is 81.6 cm³/mol. The fraction of sp³-hybridized carbons (Fsp3) is 0.625. The van der Waals surface area contributed by atoms with Gasteiger partial charge in [0.15, 0.2) is 0 Å². The Kier molecular flexibility index (Phi) is 5.17. The van der Waals surface area contributed by atoms with Crippen molar-refractivity contribution < 1.29 is 14.3 Å². The van der Waals surface area contributed by atoms with Gasteiger partial charge in [0.2, 0.25) is 0 Å². The fourth-order valence-corrected chi connectivity index (χ4v) is 2.53. The maximum Gasteiger partial charge on any atom is 0.342 e. The summed E-state index contributed by atoms with van der Waals surface area (Å²) in [5.41, 5.74) is 0.523. The molecule has 0 bridgehead atoms. The topological polar surface area (TPSA) is 51.7 Å². The Morgan fingerprint density at radius 2 is 2.29 bits per heavy atom. The van der Waals surface area contributed by atoms with Gasteiger partial charge < -0.3 is 14.4 Å². The lowest BCUT2D eigenvalue weighted by Crippen LogP contribution is -2.47. The third kappa shape index (κ3) is 3.94. The van der Waals surface area contributed by atoms with Gasteiger partial charge in [-0.25, -0.2) is 9.78 Å². The zero-order valence-corrected chi connectivity index (χ0v) is 13.2. The lowest BCUT2D eigenvalue weighted by atomic mass is 10.1. The molecule has 21 heavy (non-hydrogen) atoms. The van der Waals surface area contributed by atoms with Crippen LogP contribution in [0.2, 0.25) is 0 Å². The van der Waals surface area contributed by atoms with E-state index >= 15 is 0 Å². The van der Waals surface area contributed by atoms with Crippen molar-refractivity contribution in [2.75, 3.05) is 18.0 Å². The molecule has 116 valence electrons. The zero-order valence-electron chi connectivity index (χ0n) is 13.2. The molecule has 1 aromatic heterocycles. The van der Waals surface area contributed by atoms with Crippen molar-refractivity contribution in [3.8, 4) is 0 Å². The number of rotatable bonds is 4. The SMILES string of the molecule is CCC1CN(c2ncccc2C(=O)OC(C)C)CC(C)O1. The number of nitrogens with zero attached hydrogens (tertiary/aromatic N) is 2. The van der Waals surface area contributed by atoms with Crippen molar-refractivity contribution in [3.05, 3.63) is 23.9 Å². The van der Waals surface area contributed by atoms with Gasteiger partial charge in [0.25, 0.3) is 0 Å². The summed E-state index contributed by atoms with van der Waals surface area (Å²) >= 11 is 0. The molecule has 2 unspecified atom stereocenters. The van der Waals surface area contributed by atoms with Crippen LogP contribution < -0.4 is 4.90 Å². The summed E-state index contributed by atoms with van der Waals surface area (Å²) in [6, 6.07) is 3.54. The van der Waals surface area contributed by atoms with E-state index in [0.29, 0.717) is 11.4 Å². The number of anilines is 1. The number of esters is 1. The third-order valence-corrected chi connectivity index (χ3v) is 3.43. The minimum atomic E-state index is -0.319. The maximum atomic E-state index is 12.2. The first-order valence-electron chi connectivity index (χ1n) is 7.57. The van der Waals surface area contributed by atoms with Gasteiger partial charge in [-0.15, -0.1) is 0 Å². The van der Waals surface area contributed by atoms with Crippen molar-refractivity contribution in [1.82, 2.24) is 4.98 Å². The molecule has 1 aliphatic heterocycles. The van der Waals surface area contributed by atoms with Crippen LogP contribution in [0.3, 0.4) is 0 Å². The van der Waals surface area contributed by atoms with E-state index in [9.17, 15) is 4.79 Å². The molecule has 0 aromatic carbocycles. The second-order valence-corrected chi connectivity index (χ2v) is 5.71. The predicted octanol–water partition coefficient (Wildman–Crippen LogP) is 2.65. The van der Waals surface area contributed by atoms with Gasteiger partial charge in [-0.1, -0.05) is 6.92 Å². The van der Waals surface area contributed by atoms with Crippen LogP contribution in [0.5, 0.6) is 0 Å². The average Bonchev–Trinajstić information content (AvgIpc) is 2.45. The molecule has 0 N–H and O–H groups in total. The van der Waals surface area contributed by atoms with Gasteiger partial charge in [-0.3, -0.25) is 0 Å². The molecule has 5 nitrogen and oxygen atoms in total. The highest BCUT2D eigenvalue weighted by Gasteiger charge is 2.28. The molecule has 5 heteroatoms. The van der Waals surface area contributed by atoms with Crippen LogP contribution >= 0.6 is 0 Å². The highest BCUT2D eigenvalue weighted by Crippen LogP contribution is 2.24. The minimum absolute atomic E-state index is 0.125. The van der Waals surface area contributed by atoms with Crippen LogP contribution in [0.15, 0.2) is 18.3 Å². The lowest BCUT2D eigenvalue weighted by Gasteiger charge is -2.37. The molecule has 0 amide bonds. The van der Waals surface area contributed by atoms with Crippen molar-refractivity contribution >= 4 is 11.8 Å². The Labute approximate surface area is 126 Å². The van der Waals surface area contributed by atoms with Crippen LogP contribution in [0.25, 0.3) is 0 Å². The number of ether oxygens (including phenoxy) is 2. The van der Waals surface area contributed by atoms with Crippen LogP contribution in [-0.4, -0.2) is 42.4 Å². The molecule has 0 aliphatic carbocycles. The third-order valence-electron chi connectivity index (χ3n) is 3.43. The quantitative estimate of drug-likeness (QED) is 0.799. The molecule has 2 heterocycles. The Morgan fingerprint density at radius 3 is 2.95 bits per heavy atom. The van der Waals surface area contributed by atoms with Crippen molar-refractivity contribution in [2.24, 2.45) is 0 Å². The fourth-order valence-electron chi connectivity index (χ4n) is 2.53. The summed E-state index contributed by atoms with van der Waals surface area (Å²) in [5.74, 6) is 0.372. The van der Waals surface area contributed by atoms with Gasteiger partial charge in [-0.2, -0.15) is 0 Å². The van der Waals surface area contributed by atoms with Gasteiger partial charge in [-0.05, 0) is 39.3 Å². The van der Waals surface area contributed by atoms with Crippen LogP contribution in [-0.2, 0) is 9.47 Å². The molecule has 1 saturated heterocycles. The van der Waals surface area contributed by atoms with Crippen LogP contribution in [0, 0.1) is 0 Å². The van der Waals surface area contributed by atoms with E-state index in [0.717, 1.165) is 19.5 Å². The molecule has 0 saturated carbocycles. The molecule has 1 aliphatic rings. The van der Waals surface area contributed by atoms with E-state index in [1.54, 1.807) is 18.3 Å². The average molecular weight is 292 g/mol. The normalized spacial score (nSPS) is 22.4. The number of carbonyl (C=O) groups excluding carboxylic acids is 1. The van der Waals surface area contributed by atoms with Crippen LogP contribution in [0.1, 0.15) is 44.5 Å². The van der Waals surface area contributed by atoms with Crippen LogP contribution in [0.4, 0.5) is 5.82 Å². The molecule has 0 radical (unpaired) electrons. The summed E-state index contributed by atoms with van der Waals surface area (Å²) in [5, 5.41) is 0. The van der Waals surface area contributed by atoms with Crippen molar-refractivity contribution in [1.29, 1.82) is 0 Å². The first-order valence-corrected chi connectivity index (χ1v) is 7.57. The molecule has 1 aromatic rings. The molecular weight excluding hydrogens is 268 g/mol. The lowest BCUT2D eigenvalue weighted by molar-refractivity contribution is -0.0176. The van der Waals surface area contributed by atoms with Gasteiger partial charge in [0.1, 0.15) is 11.4 Å². The monoisotopic (exact) mass is 292 g/mol. The van der Waals surface area contributed by atoms with E-state index in [4.69, 9.17) is 9.47 Å². The van der Waals surface area contributed by atoms with Gasteiger partial charge in [0.05, 0.1) is 18.3 Å². The maximum absolute atomic E-state index is 12.2. The molecule has 0 spiro atoms. The summed E-state index contributed by atoms with van der Waals surface area (Å²) < 4.78 is 11.2. The second kappa shape index (κ2) is 6.89. The number of hydrogen-bond donors (Lipinski definition) is 0. The molecule has 1 fully saturated rings. The summed E-state index contributed by atoms with van der Waals surface area (Å²) in [6.45, 7) is 9.32. The minimum Gasteiger partial charge on any atom is -0.459 e. The summed E-state index contributed by atoms with van der Waals surface area (Å²) in [7, 11) is 0. The second-order valence-electron chi connectivity index (χ2n) is 5.71. The Balaban J connectivity index is 2.24. The van der Waals surface area contributed by atoms with E-state index in [1.807, 2.05) is 20.8 Å². The van der Waals surface area contributed by atoms with Crippen molar-refractivity contribution in [3.63, 3.8) is 0 Å². The highest BCUT2D eigenvalue weighted by atomic mass is 16.5. The van der Waals surface area contributed by atoms with E-state index in [2.05, 4.69) is 16.8 Å². The summed E-state index contributed by atoms with van der Waals surface area (Å²) in [6.07, 6.45) is 2.81. The zero-order chi connectivity index (χ0) is 15.4. The highest BCUT2D eigenvalue weighted by molar-refractivity contribution is 5.94. The number of carbonyl (C=O) groups is 1. The molecule has 2 atom stereocenters. The Bertz CT molecular complexity index is 490. The van der Waals surface area contributed by atoms with Gasteiger partial charge in [0, 0.05) is 19.3 Å². The van der Waals surface area contributed by atoms with Crippen molar-refractivity contribution in [2.45, 2.75) is 52.4 Å².